The van der Waals surface area contributed by atoms with Crippen LogP contribution in [0.1, 0.15) is 64.9 Å². The summed E-state index contributed by atoms with van der Waals surface area (Å²) >= 11 is 0. The van der Waals surface area contributed by atoms with Gasteiger partial charge in [0, 0.05) is 49.2 Å². The number of aromatic nitrogens is 2. The second-order valence-corrected chi connectivity index (χ2v) is 13.5. The van der Waals surface area contributed by atoms with Crippen LogP contribution >= 0.6 is 0 Å². The minimum atomic E-state index is -0.981. The first-order valence-electron chi connectivity index (χ1n) is 17.0. The molecule has 4 fully saturated rings. The van der Waals surface area contributed by atoms with Crippen molar-refractivity contribution in [3.05, 3.63) is 65.1 Å². The number of para-hydroxylation sites is 1. The fraction of sp³-hybridized carbons (Fsp3) is 0.417. The van der Waals surface area contributed by atoms with E-state index in [0.29, 0.717) is 31.6 Å². The van der Waals surface area contributed by atoms with Gasteiger partial charge < -0.3 is 20.7 Å². The summed E-state index contributed by atoms with van der Waals surface area (Å²) in [5.74, 6) is -1.30. The summed E-state index contributed by atoms with van der Waals surface area (Å²) in [4.78, 5) is 68.1. The number of amides is 4. The smallest absolute Gasteiger partial charge is 0.262 e. The number of hydrogen-bond acceptors (Lipinski definition) is 11. The van der Waals surface area contributed by atoms with Crippen molar-refractivity contribution in [2.45, 2.75) is 50.6 Å². The normalized spacial score (nSPS) is 24.6. The number of morpholine rings is 1. The number of nitrogens with one attached hydrogen (secondary N) is 2. The van der Waals surface area contributed by atoms with E-state index in [1.807, 2.05) is 24.5 Å². The number of ether oxygens (including phenoxy) is 1. The lowest BCUT2D eigenvalue weighted by Crippen LogP contribution is -2.54. The third-order valence-electron chi connectivity index (χ3n) is 10.2. The molecule has 1 atom stereocenters. The van der Waals surface area contributed by atoms with Gasteiger partial charge in [0.05, 0.1) is 53.5 Å². The molecular weight excluding hydrogens is 624 g/mol. The molecule has 49 heavy (non-hydrogen) atoms. The monoisotopic (exact) mass is 662 g/mol. The van der Waals surface area contributed by atoms with E-state index in [9.17, 15) is 19.2 Å². The molecule has 4 heterocycles. The number of piperidine rings is 1. The molecule has 2 saturated heterocycles. The number of nitrogens with two attached hydrogens (primary N) is 1. The minimum Gasteiger partial charge on any atom is -0.401 e. The number of imide groups is 2. The van der Waals surface area contributed by atoms with Crippen LogP contribution in [0.15, 0.2) is 53.3 Å². The van der Waals surface area contributed by atoms with Crippen LogP contribution in [-0.4, -0.2) is 89.6 Å². The maximum Gasteiger partial charge on any atom is 0.262 e. The molecule has 1 unspecified atom stereocenters. The number of rotatable bonds is 9. The topological polar surface area (TPSA) is 172 Å². The Morgan fingerprint density at radius 3 is 2.61 bits per heavy atom. The van der Waals surface area contributed by atoms with Gasteiger partial charge in [0.1, 0.15) is 11.6 Å². The zero-order chi connectivity index (χ0) is 33.6. The van der Waals surface area contributed by atoms with Crippen molar-refractivity contribution in [2.75, 3.05) is 43.1 Å². The minimum absolute atomic E-state index is 0.0859. The van der Waals surface area contributed by atoms with E-state index in [-0.39, 0.29) is 30.0 Å². The zero-order valence-corrected chi connectivity index (χ0v) is 27.1. The molecule has 13 heteroatoms. The molecule has 3 aliphatic heterocycles. The van der Waals surface area contributed by atoms with E-state index in [2.05, 4.69) is 21.6 Å². The highest BCUT2D eigenvalue weighted by Gasteiger charge is 2.44. The number of carbonyl (C=O) groups is 4. The summed E-state index contributed by atoms with van der Waals surface area (Å²) in [6, 6.07) is 10.3. The molecule has 0 bridgehead atoms. The highest BCUT2D eigenvalue weighted by molar-refractivity contribution is 6.23. The predicted octanol–water partition coefficient (Wildman–Crippen LogP) is 2.91. The lowest BCUT2D eigenvalue weighted by molar-refractivity contribution is -0.136. The van der Waals surface area contributed by atoms with Crippen molar-refractivity contribution < 1.29 is 23.9 Å². The van der Waals surface area contributed by atoms with Crippen molar-refractivity contribution in [3.63, 3.8) is 0 Å². The predicted molar refractivity (Wildman–Crippen MR) is 183 cm³/mol. The number of nitrogens with zero attached hydrogens (tertiary/aromatic N) is 5. The van der Waals surface area contributed by atoms with Crippen LogP contribution in [0, 0.1) is 11.8 Å². The van der Waals surface area contributed by atoms with E-state index in [4.69, 9.17) is 25.4 Å². The van der Waals surface area contributed by atoms with Gasteiger partial charge >= 0.3 is 0 Å². The summed E-state index contributed by atoms with van der Waals surface area (Å²) < 4.78 is 5.53. The Balaban J connectivity index is 0.902. The average Bonchev–Trinajstić information content (AvgIpc) is 3.92. The third-order valence-corrected chi connectivity index (χ3v) is 10.2. The maximum absolute atomic E-state index is 13.2. The van der Waals surface area contributed by atoms with E-state index in [0.717, 1.165) is 83.0 Å². The highest BCUT2D eigenvalue weighted by atomic mass is 16.5. The Kier molecular flexibility index (Phi) is 8.06. The first-order chi connectivity index (χ1) is 23.8. The molecule has 0 radical (unpaired) electrons. The molecule has 2 aromatic carbocycles. The van der Waals surface area contributed by atoms with Gasteiger partial charge in [0.15, 0.2) is 0 Å². The number of carbonyl (C=O) groups excluding carboxylic acids is 4. The quantitative estimate of drug-likeness (QED) is 0.229. The SMILES string of the molecule is NC(=C(C=NC1CC(CNc2ccc3c(c2)C(=O)N(C2CCC(=O)NC2=O)C3=O)C1)c1cnc2c(N3CCOCC3)cccc2n1)C1CC1. The van der Waals surface area contributed by atoms with E-state index >= 15 is 0 Å². The van der Waals surface area contributed by atoms with Gasteiger partial charge in [-0.1, -0.05) is 6.07 Å². The van der Waals surface area contributed by atoms with E-state index in [1.165, 1.54) is 0 Å². The Labute approximate surface area is 283 Å². The number of anilines is 2. The van der Waals surface area contributed by atoms with Crippen LogP contribution < -0.4 is 21.3 Å². The van der Waals surface area contributed by atoms with Crippen LogP contribution in [0.3, 0.4) is 0 Å². The van der Waals surface area contributed by atoms with E-state index < -0.39 is 29.7 Å². The maximum atomic E-state index is 13.2. The van der Waals surface area contributed by atoms with Crippen LogP contribution in [0.2, 0.25) is 0 Å². The molecule has 5 aliphatic rings. The fourth-order valence-corrected chi connectivity index (χ4v) is 7.13. The van der Waals surface area contributed by atoms with Crippen molar-refractivity contribution in [2.24, 2.45) is 22.6 Å². The number of fused-ring (bicyclic) bond motifs is 2. The molecule has 4 N–H and O–H groups in total. The molecule has 13 nitrogen and oxygen atoms in total. The molecular formula is C36H38N8O5. The number of allylic oxidation sites excluding steroid dienone is 2. The molecule has 3 aromatic rings. The van der Waals surface area contributed by atoms with Gasteiger partial charge in [-0.25, -0.2) is 4.98 Å². The van der Waals surface area contributed by atoms with Gasteiger partial charge in [-0.2, -0.15) is 0 Å². The third kappa shape index (κ3) is 6.03. The van der Waals surface area contributed by atoms with Gasteiger partial charge in [-0.05, 0) is 74.3 Å². The Bertz CT molecular complexity index is 1930. The summed E-state index contributed by atoms with van der Waals surface area (Å²) in [7, 11) is 0. The lowest BCUT2D eigenvalue weighted by Gasteiger charge is -2.33. The summed E-state index contributed by atoms with van der Waals surface area (Å²) in [5, 5.41) is 5.63. The Hall–Kier alpha value is -5.17. The standard InChI is InChI=1S/C36H38N8O5/c37-32(21-4-5-21)26(28-19-40-33-27(41-28)2-1-3-29(33)43-10-12-49-13-11-43)18-39-23-14-20(15-23)17-38-22-6-7-24-25(16-22)36(48)44(35(24)47)30-8-9-31(45)42-34(30)46/h1-3,6-7,16,18-21,23,30,38H,4-5,8-15,17,37H2,(H,42,45,46). The van der Waals surface area contributed by atoms with Crippen molar-refractivity contribution in [1.82, 2.24) is 20.2 Å². The molecule has 2 aliphatic carbocycles. The van der Waals surface area contributed by atoms with Gasteiger partial charge in [-0.15, -0.1) is 0 Å². The molecule has 1 aromatic heterocycles. The average molecular weight is 663 g/mol. The van der Waals surface area contributed by atoms with Crippen LogP contribution in [0.4, 0.5) is 11.4 Å². The van der Waals surface area contributed by atoms with Gasteiger partial charge in [-0.3, -0.25) is 39.4 Å². The summed E-state index contributed by atoms with van der Waals surface area (Å²) in [6.07, 6.45) is 7.86. The fourth-order valence-electron chi connectivity index (χ4n) is 7.13. The van der Waals surface area contributed by atoms with Crippen molar-refractivity contribution >= 4 is 57.8 Å². The number of hydrogen-bond donors (Lipinski definition) is 3. The molecule has 2 saturated carbocycles. The largest absolute Gasteiger partial charge is 0.401 e. The molecule has 4 amide bonds. The van der Waals surface area contributed by atoms with E-state index in [1.54, 1.807) is 18.2 Å². The zero-order valence-electron chi connectivity index (χ0n) is 27.1. The first-order valence-corrected chi connectivity index (χ1v) is 17.0. The number of benzene rings is 2. The Morgan fingerprint density at radius 2 is 1.84 bits per heavy atom. The summed E-state index contributed by atoms with van der Waals surface area (Å²) in [5.41, 5.74) is 13.1. The summed E-state index contributed by atoms with van der Waals surface area (Å²) in [6.45, 7) is 3.74. The number of aliphatic imine (C=N–C) groups is 1. The van der Waals surface area contributed by atoms with Crippen molar-refractivity contribution in [3.8, 4) is 0 Å². The first kappa shape index (κ1) is 31.1. The molecule has 0 spiro atoms. The molecule has 252 valence electrons. The Morgan fingerprint density at radius 1 is 1.04 bits per heavy atom. The lowest BCUT2D eigenvalue weighted by atomic mass is 9.80. The second-order valence-electron chi connectivity index (χ2n) is 13.5. The van der Waals surface area contributed by atoms with Crippen molar-refractivity contribution in [1.29, 1.82) is 0 Å². The molecule has 8 rings (SSSR count). The van der Waals surface area contributed by atoms with Crippen LogP contribution in [0.25, 0.3) is 16.6 Å². The van der Waals surface area contributed by atoms with Gasteiger partial charge in [0.25, 0.3) is 11.8 Å². The highest BCUT2D eigenvalue weighted by Crippen LogP contribution is 2.38. The van der Waals surface area contributed by atoms with Crippen LogP contribution in [-0.2, 0) is 14.3 Å². The van der Waals surface area contributed by atoms with Crippen LogP contribution in [0.5, 0.6) is 0 Å². The second kappa shape index (κ2) is 12.7. The van der Waals surface area contributed by atoms with Gasteiger partial charge in [0.2, 0.25) is 11.8 Å².